The highest BCUT2D eigenvalue weighted by atomic mass is 35.5. The summed E-state index contributed by atoms with van der Waals surface area (Å²) in [6, 6.07) is 12.3. The molecule has 0 atom stereocenters. The number of hydrogen-bond donors (Lipinski definition) is 2. The number of ether oxygens (including phenoxy) is 2. The molecule has 2 amide bonds. The zero-order valence-electron chi connectivity index (χ0n) is 14.0. The van der Waals surface area contributed by atoms with Gasteiger partial charge in [0, 0.05) is 5.02 Å². The van der Waals surface area contributed by atoms with Crippen LogP contribution in [0.3, 0.4) is 0 Å². The third-order valence-corrected chi connectivity index (χ3v) is 3.55. The Bertz CT molecular complexity index is 747. The summed E-state index contributed by atoms with van der Waals surface area (Å²) in [7, 11) is 1.53. The lowest BCUT2D eigenvalue weighted by Crippen LogP contribution is -2.44. The fourth-order valence-corrected chi connectivity index (χ4v) is 2.17. The van der Waals surface area contributed by atoms with Crippen LogP contribution in [0.15, 0.2) is 42.5 Å². The molecule has 0 fully saturated rings. The molecule has 0 radical (unpaired) electrons. The van der Waals surface area contributed by atoms with E-state index in [1.807, 2.05) is 13.0 Å². The lowest BCUT2D eigenvalue weighted by Gasteiger charge is -2.12. The number of rotatable bonds is 6. The summed E-state index contributed by atoms with van der Waals surface area (Å²) >= 11 is 5.79. The maximum atomic E-state index is 11.8. The molecule has 0 unspecified atom stereocenters. The Kier molecular flexibility index (Phi) is 6.65. The molecule has 0 saturated heterocycles. The van der Waals surface area contributed by atoms with E-state index >= 15 is 0 Å². The predicted octanol–water partition coefficient (Wildman–Crippen LogP) is 2.43. The van der Waals surface area contributed by atoms with Crippen molar-refractivity contribution in [2.24, 2.45) is 0 Å². The number of hydrogen-bond acceptors (Lipinski definition) is 4. The average molecular weight is 363 g/mol. The predicted molar refractivity (Wildman–Crippen MR) is 94.7 cm³/mol. The van der Waals surface area contributed by atoms with Gasteiger partial charge in [0.2, 0.25) is 5.91 Å². The summed E-state index contributed by atoms with van der Waals surface area (Å²) in [5, 5.41) is 0.598. The van der Waals surface area contributed by atoms with Crippen molar-refractivity contribution < 1.29 is 19.1 Å². The Morgan fingerprint density at radius 2 is 1.68 bits per heavy atom. The summed E-state index contributed by atoms with van der Waals surface area (Å²) in [5.74, 6) is 0.172. The SMILES string of the molecule is COc1cc(C)ccc1OCC(=O)NNC(=O)Cc1ccc(Cl)cc1. The topological polar surface area (TPSA) is 76.7 Å². The van der Waals surface area contributed by atoms with E-state index in [1.165, 1.54) is 7.11 Å². The first-order valence-corrected chi connectivity index (χ1v) is 7.95. The normalized spacial score (nSPS) is 10.0. The second kappa shape index (κ2) is 8.94. The van der Waals surface area contributed by atoms with Crippen molar-refractivity contribution in [3.63, 3.8) is 0 Å². The van der Waals surface area contributed by atoms with Gasteiger partial charge in [-0.1, -0.05) is 29.8 Å². The number of carbonyl (C=O) groups excluding carboxylic acids is 2. The van der Waals surface area contributed by atoms with Gasteiger partial charge in [-0.2, -0.15) is 0 Å². The molecule has 2 aromatic rings. The number of methoxy groups -OCH3 is 1. The van der Waals surface area contributed by atoms with Crippen molar-refractivity contribution >= 4 is 23.4 Å². The molecular formula is C18H19ClN2O4. The maximum absolute atomic E-state index is 11.8. The second-order valence-corrected chi connectivity index (χ2v) is 5.78. The van der Waals surface area contributed by atoms with Gasteiger partial charge < -0.3 is 9.47 Å². The minimum Gasteiger partial charge on any atom is -0.493 e. The van der Waals surface area contributed by atoms with Gasteiger partial charge in [-0.15, -0.1) is 0 Å². The zero-order chi connectivity index (χ0) is 18.2. The minimum atomic E-state index is -0.480. The van der Waals surface area contributed by atoms with Crippen LogP contribution in [0.5, 0.6) is 11.5 Å². The molecule has 2 aromatic carbocycles. The fourth-order valence-electron chi connectivity index (χ4n) is 2.04. The number of carbonyl (C=O) groups is 2. The van der Waals surface area contributed by atoms with Crippen LogP contribution in [0.1, 0.15) is 11.1 Å². The quantitative estimate of drug-likeness (QED) is 0.774. The van der Waals surface area contributed by atoms with Crippen LogP contribution >= 0.6 is 11.6 Å². The van der Waals surface area contributed by atoms with Crippen LogP contribution in [0, 0.1) is 6.92 Å². The summed E-state index contributed by atoms with van der Waals surface area (Å²) in [6.45, 7) is 1.68. The molecule has 6 nitrogen and oxygen atoms in total. The van der Waals surface area contributed by atoms with Crippen LogP contribution < -0.4 is 20.3 Å². The first kappa shape index (κ1) is 18.6. The van der Waals surface area contributed by atoms with Gasteiger partial charge in [0.05, 0.1) is 13.5 Å². The molecule has 0 saturated carbocycles. The first-order chi connectivity index (χ1) is 12.0. The molecule has 0 heterocycles. The fraction of sp³-hybridized carbons (Fsp3) is 0.222. The smallest absolute Gasteiger partial charge is 0.276 e. The molecule has 0 aromatic heterocycles. The third kappa shape index (κ3) is 6.00. The number of aryl methyl sites for hydroxylation is 1. The molecule has 0 aliphatic heterocycles. The molecule has 0 bridgehead atoms. The van der Waals surface area contributed by atoms with Gasteiger partial charge in [0.15, 0.2) is 18.1 Å². The van der Waals surface area contributed by atoms with Gasteiger partial charge >= 0.3 is 0 Å². The minimum absolute atomic E-state index is 0.129. The first-order valence-electron chi connectivity index (χ1n) is 7.57. The van der Waals surface area contributed by atoms with Crippen molar-refractivity contribution in [1.82, 2.24) is 10.9 Å². The van der Waals surface area contributed by atoms with Gasteiger partial charge in [-0.25, -0.2) is 0 Å². The number of nitrogens with one attached hydrogen (secondary N) is 2. The highest BCUT2D eigenvalue weighted by Crippen LogP contribution is 2.27. The molecule has 132 valence electrons. The second-order valence-electron chi connectivity index (χ2n) is 5.34. The van der Waals surface area contributed by atoms with Crippen molar-refractivity contribution in [2.75, 3.05) is 13.7 Å². The van der Waals surface area contributed by atoms with Crippen molar-refractivity contribution in [1.29, 1.82) is 0 Å². The van der Waals surface area contributed by atoms with E-state index < -0.39 is 5.91 Å². The molecule has 0 spiro atoms. The maximum Gasteiger partial charge on any atom is 0.276 e. The van der Waals surface area contributed by atoms with Gasteiger partial charge in [0.25, 0.3) is 5.91 Å². The molecular weight excluding hydrogens is 344 g/mol. The Morgan fingerprint density at radius 3 is 2.36 bits per heavy atom. The summed E-state index contributed by atoms with van der Waals surface area (Å²) in [5.41, 5.74) is 6.45. The Hall–Kier alpha value is -2.73. The lowest BCUT2D eigenvalue weighted by atomic mass is 10.1. The summed E-state index contributed by atoms with van der Waals surface area (Å²) in [4.78, 5) is 23.6. The average Bonchev–Trinajstić information content (AvgIpc) is 2.60. The zero-order valence-corrected chi connectivity index (χ0v) is 14.7. The van der Waals surface area contributed by atoms with E-state index in [1.54, 1.807) is 36.4 Å². The third-order valence-electron chi connectivity index (χ3n) is 3.30. The molecule has 2 rings (SSSR count). The van der Waals surface area contributed by atoms with Crippen molar-refractivity contribution in [2.45, 2.75) is 13.3 Å². The van der Waals surface area contributed by atoms with E-state index in [0.717, 1.165) is 11.1 Å². The molecule has 0 aliphatic rings. The van der Waals surface area contributed by atoms with E-state index in [0.29, 0.717) is 16.5 Å². The van der Waals surface area contributed by atoms with Crippen LogP contribution in [0.2, 0.25) is 5.02 Å². The van der Waals surface area contributed by atoms with E-state index in [9.17, 15) is 9.59 Å². The Labute approximate surface area is 151 Å². The van der Waals surface area contributed by atoms with Crippen LogP contribution in [-0.4, -0.2) is 25.5 Å². The highest BCUT2D eigenvalue weighted by molar-refractivity contribution is 6.30. The van der Waals surface area contributed by atoms with E-state index in [2.05, 4.69) is 10.9 Å². The van der Waals surface area contributed by atoms with Gasteiger partial charge in [-0.05, 0) is 42.3 Å². The number of hydrazine groups is 1. The number of benzene rings is 2. The Morgan fingerprint density at radius 1 is 1.00 bits per heavy atom. The Balaban J connectivity index is 1.77. The van der Waals surface area contributed by atoms with Crippen molar-refractivity contribution in [3.8, 4) is 11.5 Å². The van der Waals surface area contributed by atoms with Crippen molar-refractivity contribution in [3.05, 3.63) is 58.6 Å². The van der Waals surface area contributed by atoms with Crippen LogP contribution in [-0.2, 0) is 16.0 Å². The largest absolute Gasteiger partial charge is 0.493 e. The van der Waals surface area contributed by atoms with E-state index in [4.69, 9.17) is 21.1 Å². The van der Waals surface area contributed by atoms with Gasteiger partial charge in [0.1, 0.15) is 0 Å². The highest BCUT2D eigenvalue weighted by Gasteiger charge is 2.09. The summed E-state index contributed by atoms with van der Waals surface area (Å²) in [6.07, 6.45) is 0.129. The lowest BCUT2D eigenvalue weighted by molar-refractivity contribution is -0.129. The molecule has 0 aliphatic carbocycles. The molecule has 25 heavy (non-hydrogen) atoms. The number of amides is 2. The van der Waals surface area contributed by atoms with Crippen LogP contribution in [0.4, 0.5) is 0 Å². The molecule has 2 N–H and O–H groups in total. The van der Waals surface area contributed by atoms with Gasteiger partial charge in [-0.3, -0.25) is 20.4 Å². The number of halogens is 1. The standard InChI is InChI=1S/C18H19ClN2O4/c1-12-3-8-15(16(9-12)24-2)25-11-18(23)21-20-17(22)10-13-4-6-14(19)7-5-13/h3-9H,10-11H2,1-2H3,(H,20,22)(H,21,23). The van der Waals surface area contributed by atoms with E-state index in [-0.39, 0.29) is 18.9 Å². The van der Waals surface area contributed by atoms with Crippen LogP contribution in [0.25, 0.3) is 0 Å². The monoisotopic (exact) mass is 362 g/mol. The molecule has 7 heteroatoms. The summed E-state index contributed by atoms with van der Waals surface area (Å²) < 4.78 is 10.6.